The fourth-order valence-electron chi connectivity index (χ4n) is 2.78. The van der Waals surface area contributed by atoms with Crippen LogP contribution in [0.4, 0.5) is 15.8 Å². The molecule has 0 saturated carbocycles. The molecule has 2 aromatic rings. The van der Waals surface area contributed by atoms with Crippen LogP contribution in [0, 0.1) is 5.82 Å². The van der Waals surface area contributed by atoms with Gasteiger partial charge in [0, 0.05) is 24.5 Å². The van der Waals surface area contributed by atoms with Crippen molar-refractivity contribution in [2.45, 2.75) is 6.42 Å². The Bertz CT molecular complexity index is 789. The van der Waals surface area contributed by atoms with E-state index in [2.05, 4.69) is 10.2 Å². The predicted octanol–water partition coefficient (Wildman–Crippen LogP) is 2.39. The van der Waals surface area contributed by atoms with Crippen LogP contribution in [-0.4, -0.2) is 44.8 Å². The molecule has 1 amide bonds. The summed E-state index contributed by atoms with van der Waals surface area (Å²) in [5.74, 6) is -1.43. The van der Waals surface area contributed by atoms with Crippen LogP contribution in [0.25, 0.3) is 0 Å². The molecule has 1 saturated heterocycles. The molecule has 0 aliphatic carbocycles. The van der Waals surface area contributed by atoms with E-state index in [9.17, 15) is 14.0 Å². The first kappa shape index (κ1) is 18.8. The molecule has 142 valence electrons. The van der Waals surface area contributed by atoms with Crippen molar-refractivity contribution in [3.05, 3.63) is 59.9 Å². The van der Waals surface area contributed by atoms with Gasteiger partial charge in [-0.15, -0.1) is 0 Å². The number of benzene rings is 2. The van der Waals surface area contributed by atoms with Gasteiger partial charge in [0.05, 0.1) is 19.6 Å². The Balaban J connectivity index is 1.44. The molecule has 7 heteroatoms. The van der Waals surface area contributed by atoms with Crippen LogP contribution in [0.1, 0.15) is 5.56 Å². The molecule has 27 heavy (non-hydrogen) atoms. The van der Waals surface area contributed by atoms with Crippen LogP contribution in [0.5, 0.6) is 0 Å². The third kappa shape index (κ3) is 5.79. The number of hydrogen-bond acceptors (Lipinski definition) is 5. The van der Waals surface area contributed by atoms with Crippen LogP contribution in [0.15, 0.2) is 48.5 Å². The van der Waals surface area contributed by atoms with E-state index in [0.29, 0.717) is 24.5 Å². The number of amides is 1. The van der Waals surface area contributed by atoms with Gasteiger partial charge in [0.1, 0.15) is 5.82 Å². The average Bonchev–Trinajstić information content (AvgIpc) is 2.68. The van der Waals surface area contributed by atoms with Gasteiger partial charge in [-0.3, -0.25) is 9.59 Å². The number of ether oxygens (including phenoxy) is 2. The maximum absolute atomic E-state index is 13.1. The summed E-state index contributed by atoms with van der Waals surface area (Å²) in [7, 11) is 0. The van der Waals surface area contributed by atoms with Crippen LogP contribution in [-0.2, 0) is 25.5 Å². The Morgan fingerprint density at radius 2 is 1.85 bits per heavy atom. The fourth-order valence-corrected chi connectivity index (χ4v) is 2.78. The van der Waals surface area contributed by atoms with Crippen LogP contribution in [0.2, 0.25) is 0 Å². The molecular weight excluding hydrogens is 351 g/mol. The Hall–Kier alpha value is -2.93. The monoisotopic (exact) mass is 372 g/mol. The first-order valence-electron chi connectivity index (χ1n) is 8.73. The average molecular weight is 372 g/mol. The summed E-state index contributed by atoms with van der Waals surface area (Å²) in [6.45, 7) is 2.71. The molecule has 1 aliphatic heterocycles. The number of nitrogens with zero attached hydrogens (tertiary/aromatic N) is 1. The highest BCUT2D eigenvalue weighted by atomic mass is 19.1. The molecule has 0 spiro atoms. The lowest BCUT2D eigenvalue weighted by Crippen LogP contribution is -2.36. The minimum atomic E-state index is -0.585. The summed E-state index contributed by atoms with van der Waals surface area (Å²) in [6, 6.07) is 13.2. The number of esters is 1. The van der Waals surface area contributed by atoms with Gasteiger partial charge >= 0.3 is 5.97 Å². The predicted molar refractivity (Wildman–Crippen MR) is 99.2 cm³/mol. The van der Waals surface area contributed by atoms with E-state index in [1.807, 2.05) is 12.1 Å². The molecule has 0 bridgehead atoms. The van der Waals surface area contributed by atoms with E-state index < -0.39 is 17.7 Å². The van der Waals surface area contributed by atoms with Crippen molar-refractivity contribution in [1.82, 2.24) is 0 Å². The number of anilines is 2. The van der Waals surface area contributed by atoms with Gasteiger partial charge in [-0.25, -0.2) is 4.39 Å². The Morgan fingerprint density at radius 3 is 2.56 bits per heavy atom. The molecule has 0 radical (unpaired) electrons. The lowest BCUT2D eigenvalue weighted by molar-refractivity contribution is -0.146. The van der Waals surface area contributed by atoms with Crippen molar-refractivity contribution in [2.24, 2.45) is 0 Å². The zero-order valence-electron chi connectivity index (χ0n) is 14.8. The highest BCUT2D eigenvalue weighted by molar-refractivity contribution is 5.93. The number of carbonyl (C=O) groups excluding carboxylic acids is 2. The summed E-state index contributed by atoms with van der Waals surface area (Å²) in [4.78, 5) is 25.9. The Morgan fingerprint density at radius 1 is 1.11 bits per heavy atom. The van der Waals surface area contributed by atoms with E-state index in [0.717, 1.165) is 18.8 Å². The van der Waals surface area contributed by atoms with Gasteiger partial charge in [-0.2, -0.15) is 0 Å². The van der Waals surface area contributed by atoms with Crippen LogP contribution >= 0.6 is 0 Å². The molecule has 1 fully saturated rings. The van der Waals surface area contributed by atoms with Crippen molar-refractivity contribution >= 4 is 23.3 Å². The molecule has 2 aromatic carbocycles. The Kier molecular flexibility index (Phi) is 6.38. The summed E-state index contributed by atoms with van der Waals surface area (Å²) in [6.07, 6.45) is -0.0840. The minimum absolute atomic E-state index is 0.0840. The highest BCUT2D eigenvalue weighted by Gasteiger charge is 2.12. The lowest BCUT2D eigenvalue weighted by Gasteiger charge is -2.28. The van der Waals surface area contributed by atoms with Gasteiger partial charge in [0.2, 0.25) is 0 Å². The summed E-state index contributed by atoms with van der Waals surface area (Å²) in [5, 5.41) is 2.68. The molecule has 0 atom stereocenters. The number of rotatable bonds is 6. The third-order valence-corrected chi connectivity index (χ3v) is 4.13. The van der Waals surface area contributed by atoms with Gasteiger partial charge in [0.15, 0.2) is 6.61 Å². The number of carbonyl (C=O) groups is 2. The molecule has 0 unspecified atom stereocenters. The van der Waals surface area contributed by atoms with E-state index in [-0.39, 0.29) is 13.0 Å². The second-order valence-corrected chi connectivity index (χ2v) is 6.16. The summed E-state index contributed by atoms with van der Waals surface area (Å²) in [5.41, 5.74) is 2.19. The van der Waals surface area contributed by atoms with Gasteiger partial charge < -0.3 is 19.7 Å². The number of hydrogen-bond donors (Lipinski definition) is 1. The number of morpholine rings is 1. The minimum Gasteiger partial charge on any atom is -0.455 e. The largest absolute Gasteiger partial charge is 0.455 e. The van der Waals surface area contributed by atoms with Crippen molar-refractivity contribution in [2.75, 3.05) is 43.1 Å². The molecule has 6 nitrogen and oxygen atoms in total. The van der Waals surface area contributed by atoms with Crippen molar-refractivity contribution in [1.29, 1.82) is 0 Å². The van der Waals surface area contributed by atoms with E-state index in [1.165, 1.54) is 18.2 Å². The molecule has 1 heterocycles. The molecule has 1 aliphatic rings. The SMILES string of the molecule is O=C(COC(=O)Cc1cccc(F)c1)Nc1ccc(N2CCOCC2)cc1. The van der Waals surface area contributed by atoms with Gasteiger partial charge in [-0.1, -0.05) is 12.1 Å². The molecular formula is C20H21FN2O4. The van der Waals surface area contributed by atoms with Gasteiger partial charge in [0.25, 0.3) is 5.91 Å². The normalized spacial score (nSPS) is 13.9. The van der Waals surface area contributed by atoms with Crippen LogP contribution in [0.3, 0.4) is 0 Å². The van der Waals surface area contributed by atoms with Crippen molar-refractivity contribution in [3.63, 3.8) is 0 Å². The maximum Gasteiger partial charge on any atom is 0.310 e. The Labute approximate surface area is 156 Å². The lowest BCUT2D eigenvalue weighted by atomic mass is 10.1. The zero-order valence-corrected chi connectivity index (χ0v) is 14.8. The number of halogens is 1. The van der Waals surface area contributed by atoms with Crippen molar-refractivity contribution < 1.29 is 23.5 Å². The topological polar surface area (TPSA) is 67.9 Å². The third-order valence-electron chi connectivity index (χ3n) is 4.13. The van der Waals surface area contributed by atoms with E-state index >= 15 is 0 Å². The summed E-state index contributed by atoms with van der Waals surface area (Å²) < 4.78 is 23.4. The standard InChI is InChI=1S/C20H21FN2O4/c21-16-3-1-2-15(12-16)13-20(25)27-14-19(24)22-17-4-6-18(7-5-17)23-8-10-26-11-9-23/h1-7,12H,8-11,13-14H2,(H,22,24). The first-order valence-corrected chi connectivity index (χ1v) is 8.73. The van der Waals surface area contributed by atoms with E-state index in [1.54, 1.807) is 18.2 Å². The molecule has 3 rings (SSSR count). The van der Waals surface area contributed by atoms with Gasteiger partial charge in [-0.05, 0) is 42.0 Å². The maximum atomic E-state index is 13.1. The smallest absolute Gasteiger partial charge is 0.310 e. The highest BCUT2D eigenvalue weighted by Crippen LogP contribution is 2.19. The number of nitrogens with one attached hydrogen (secondary N) is 1. The quantitative estimate of drug-likeness (QED) is 0.789. The van der Waals surface area contributed by atoms with E-state index in [4.69, 9.17) is 9.47 Å². The molecule has 1 N–H and O–H groups in total. The van der Waals surface area contributed by atoms with Crippen LogP contribution < -0.4 is 10.2 Å². The molecule has 0 aromatic heterocycles. The van der Waals surface area contributed by atoms with Crippen molar-refractivity contribution in [3.8, 4) is 0 Å². The first-order chi connectivity index (χ1) is 13.1. The zero-order chi connectivity index (χ0) is 19.1. The second kappa shape index (κ2) is 9.14. The fraction of sp³-hybridized carbons (Fsp3) is 0.300. The second-order valence-electron chi connectivity index (χ2n) is 6.16. The summed E-state index contributed by atoms with van der Waals surface area (Å²) >= 11 is 0.